The van der Waals surface area contributed by atoms with E-state index >= 15 is 0 Å². The lowest BCUT2D eigenvalue weighted by Crippen LogP contribution is -2.18. The third-order valence-electron chi connectivity index (χ3n) is 5.20. The first-order valence-electron chi connectivity index (χ1n) is 10.2. The topological polar surface area (TPSA) is 103 Å². The molecule has 32 heavy (non-hydrogen) atoms. The van der Waals surface area contributed by atoms with E-state index in [0.717, 1.165) is 12.8 Å². The average molecular weight is 459 g/mol. The Balaban J connectivity index is 1.72. The summed E-state index contributed by atoms with van der Waals surface area (Å²) in [6.45, 7) is 1.68. The van der Waals surface area contributed by atoms with E-state index in [1.54, 1.807) is 38.4 Å². The molecular formula is C22H23FN4O4S. The number of sulfonamides is 1. The van der Waals surface area contributed by atoms with E-state index in [4.69, 9.17) is 4.74 Å². The molecular weight excluding hydrogens is 435 g/mol. The number of aromatic nitrogens is 3. The van der Waals surface area contributed by atoms with Gasteiger partial charge in [-0.05, 0) is 37.0 Å². The van der Waals surface area contributed by atoms with Crippen molar-refractivity contribution in [3.63, 3.8) is 0 Å². The van der Waals surface area contributed by atoms with Crippen LogP contribution in [0, 0.1) is 18.7 Å². The highest BCUT2D eigenvalue weighted by atomic mass is 32.2. The quantitative estimate of drug-likeness (QED) is 0.553. The molecule has 4 rings (SSSR count). The third-order valence-corrected chi connectivity index (χ3v) is 6.49. The second kappa shape index (κ2) is 8.70. The van der Waals surface area contributed by atoms with E-state index in [1.165, 1.54) is 22.8 Å². The van der Waals surface area contributed by atoms with E-state index in [-0.39, 0.29) is 28.9 Å². The zero-order chi connectivity index (χ0) is 22.9. The fourth-order valence-corrected chi connectivity index (χ4v) is 4.36. The highest BCUT2D eigenvalue weighted by Crippen LogP contribution is 2.33. The first-order chi connectivity index (χ1) is 15.2. The summed E-state index contributed by atoms with van der Waals surface area (Å²) in [5.41, 5.74) is 1.19. The molecule has 8 nitrogen and oxygen atoms in total. The van der Waals surface area contributed by atoms with Crippen LogP contribution in [0.2, 0.25) is 0 Å². The molecule has 1 aliphatic rings. The summed E-state index contributed by atoms with van der Waals surface area (Å²) in [5.74, 6) is -0.190. The van der Waals surface area contributed by atoms with Crippen molar-refractivity contribution < 1.29 is 17.5 Å². The van der Waals surface area contributed by atoms with Gasteiger partial charge in [-0.2, -0.15) is 9.97 Å². The number of rotatable bonds is 8. The predicted octanol–water partition coefficient (Wildman–Crippen LogP) is 3.62. The van der Waals surface area contributed by atoms with Gasteiger partial charge >= 0.3 is 6.01 Å². The molecule has 0 bridgehead atoms. The number of ether oxygens (including phenoxy) is 1. The summed E-state index contributed by atoms with van der Waals surface area (Å²) >= 11 is 0. The Labute approximate surface area is 185 Å². The van der Waals surface area contributed by atoms with Crippen molar-refractivity contribution >= 4 is 15.8 Å². The van der Waals surface area contributed by atoms with Crippen LogP contribution in [-0.4, -0.2) is 28.7 Å². The smallest absolute Gasteiger partial charge is 0.324 e. The summed E-state index contributed by atoms with van der Waals surface area (Å²) in [6.07, 6.45) is 4.26. The van der Waals surface area contributed by atoms with E-state index in [0.29, 0.717) is 29.2 Å². The number of nitrogens with one attached hydrogen (secondary N) is 1. The van der Waals surface area contributed by atoms with Crippen LogP contribution in [0.3, 0.4) is 0 Å². The van der Waals surface area contributed by atoms with Gasteiger partial charge in [-0.3, -0.25) is 9.52 Å². The van der Waals surface area contributed by atoms with Gasteiger partial charge in [0.25, 0.3) is 0 Å². The van der Waals surface area contributed by atoms with Crippen molar-refractivity contribution in [2.24, 2.45) is 13.0 Å². The highest BCUT2D eigenvalue weighted by Gasteiger charge is 2.24. The maximum Gasteiger partial charge on any atom is 0.324 e. The standard InChI is InChI=1S/C22H23FN4O4S/c1-14-4-3-5-17(23)21(14)31-22-24-18(16-8-9-20(28)27(2)13-16)12-19(25-22)26-32(29,30)11-10-15-6-7-15/h3-5,8-9,12-13,15H,6-7,10-11H2,1-2H3,(H,24,25,26). The second-order valence-corrected chi connectivity index (χ2v) is 9.77. The Morgan fingerprint density at radius 2 is 2.00 bits per heavy atom. The van der Waals surface area contributed by atoms with Gasteiger partial charge < -0.3 is 9.30 Å². The van der Waals surface area contributed by atoms with Crippen LogP contribution in [0.25, 0.3) is 11.3 Å². The fraction of sp³-hybridized carbons (Fsp3) is 0.318. The number of nitrogens with zero attached hydrogens (tertiary/aromatic N) is 3. The molecule has 2 heterocycles. The normalized spacial score (nSPS) is 13.7. The lowest BCUT2D eigenvalue weighted by atomic mass is 10.2. The molecule has 0 aliphatic heterocycles. The summed E-state index contributed by atoms with van der Waals surface area (Å²) in [7, 11) is -2.04. The predicted molar refractivity (Wildman–Crippen MR) is 119 cm³/mol. The van der Waals surface area contributed by atoms with Crippen LogP contribution in [0.1, 0.15) is 24.8 Å². The Morgan fingerprint density at radius 1 is 1.22 bits per heavy atom. The Hall–Kier alpha value is -3.27. The van der Waals surface area contributed by atoms with Crippen LogP contribution in [0.15, 0.2) is 47.4 Å². The molecule has 0 radical (unpaired) electrons. The Bertz CT molecular complexity index is 1300. The minimum atomic E-state index is -3.63. The van der Waals surface area contributed by atoms with E-state index < -0.39 is 15.8 Å². The molecule has 10 heteroatoms. The van der Waals surface area contributed by atoms with E-state index in [1.807, 2.05) is 0 Å². The molecule has 2 aromatic heterocycles. The number of anilines is 1. The molecule has 1 aromatic carbocycles. The van der Waals surface area contributed by atoms with Crippen LogP contribution >= 0.6 is 0 Å². The van der Waals surface area contributed by atoms with Gasteiger partial charge in [0.15, 0.2) is 11.6 Å². The number of para-hydroxylation sites is 1. The van der Waals surface area contributed by atoms with Gasteiger partial charge in [0, 0.05) is 30.9 Å². The van der Waals surface area contributed by atoms with Crippen molar-refractivity contribution in [3.05, 3.63) is 64.3 Å². The first-order valence-corrected chi connectivity index (χ1v) is 11.8. The number of hydrogen-bond acceptors (Lipinski definition) is 6. The van der Waals surface area contributed by atoms with Gasteiger partial charge in [0.2, 0.25) is 15.6 Å². The average Bonchev–Trinajstić information content (AvgIpc) is 3.56. The van der Waals surface area contributed by atoms with Gasteiger partial charge in [0.1, 0.15) is 5.82 Å². The number of benzene rings is 1. The number of halogens is 1. The summed E-state index contributed by atoms with van der Waals surface area (Å²) in [6, 6.07) is 8.66. The number of pyridine rings is 1. The van der Waals surface area contributed by atoms with Crippen LogP contribution in [-0.2, 0) is 17.1 Å². The Kier molecular flexibility index (Phi) is 5.96. The van der Waals surface area contributed by atoms with E-state index in [2.05, 4.69) is 14.7 Å². The van der Waals surface area contributed by atoms with Crippen LogP contribution in [0.4, 0.5) is 10.2 Å². The van der Waals surface area contributed by atoms with Crippen LogP contribution < -0.4 is 15.0 Å². The monoisotopic (exact) mass is 458 g/mol. The maximum absolute atomic E-state index is 14.3. The number of hydrogen-bond donors (Lipinski definition) is 1. The second-order valence-electron chi connectivity index (χ2n) is 7.93. The molecule has 0 amide bonds. The molecule has 1 N–H and O–H groups in total. The van der Waals surface area contributed by atoms with Gasteiger partial charge in [0.05, 0.1) is 11.4 Å². The van der Waals surface area contributed by atoms with Gasteiger partial charge in [-0.1, -0.05) is 25.0 Å². The molecule has 1 fully saturated rings. The molecule has 0 atom stereocenters. The lowest BCUT2D eigenvalue weighted by molar-refractivity contribution is 0.409. The number of aryl methyl sites for hydroxylation is 2. The molecule has 1 aliphatic carbocycles. The van der Waals surface area contributed by atoms with Crippen molar-refractivity contribution in [1.82, 2.24) is 14.5 Å². The largest absolute Gasteiger partial charge is 0.421 e. The summed E-state index contributed by atoms with van der Waals surface area (Å²) in [5, 5.41) is 0. The van der Waals surface area contributed by atoms with Crippen molar-refractivity contribution in [3.8, 4) is 23.0 Å². The lowest BCUT2D eigenvalue weighted by Gasteiger charge is -2.13. The zero-order valence-corrected chi connectivity index (χ0v) is 18.5. The fourth-order valence-electron chi connectivity index (χ4n) is 3.19. The zero-order valence-electron chi connectivity index (χ0n) is 17.7. The minimum absolute atomic E-state index is 0.00337. The van der Waals surface area contributed by atoms with Crippen molar-refractivity contribution in [1.29, 1.82) is 0 Å². The maximum atomic E-state index is 14.3. The van der Waals surface area contributed by atoms with Crippen molar-refractivity contribution in [2.45, 2.75) is 26.2 Å². The van der Waals surface area contributed by atoms with Crippen LogP contribution in [0.5, 0.6) is 11.8 Å². The molecule has 168 valence electrons. The van der Waals surface area contributed by atoms with Gasteiger partial charge in [-0.25, -0.2) is 12.8 Å². The molecule has 0 saturated heterocycles. The first kappa shape index (κ1) is 21.9. The van der Waals surface area contributed by atoms with E-state index in [9.17, 15) is 17.6 Å². The highest BCUT2D eigenvalue weighted by molar-refractivity contribution is 7.92. The summed E-state index contributed by atoms with van der Waals surface area (Å²) in [4.78, 5) is 20.2. The van der Waals surface area contributed by atoms with Crippen molar-refractivity contribution in [2.75, 3.05) is 10.5 Å². The molecule has 0 unspecified atom stereocenters. The third kappa shape index (κ3) is 5.31. The molecule has 0 spiro atoms. The Morgan fingerprint density at radius 3 is 2.69 bits per heavy atom. The van der Waals surface area contributed by atoms with Gasteiger partial charge in [-0.15, -0.1) is 0 Å². The molecule has 3 aromatic rings. The summed E-state index contributed by atoms with van der Waals surface area (Å²) < 4.78 is 48.8. The SMILES string of the molecule is Cc1cccc(F)c1Oc1nc(NS(=O)(=O)CCC2CC2)cc(-c2ccc(=O)n(C)c2)n1. The minimum Gasteiger partial charge on any atom is -0.421 e. The molecule has 1 saturated carbocycles.